The number of aliphatic hydroxyl groups excluding tert-OH is 1. The molecule has 3 saturated carbocycles. The summed E-state index contributed by atoms with van der Waals surface area (Å²) in [5, 5.41) is 16.9. The lowest BCUT2D eigenvalue weighted by atomic mass is 9.44. The molecule has 0 spiro atoms. The summed E-state index contributed by atoms with van der Waals surface area (Å²) >= 11 is 0. The summed E-state index contributed by atoms with van der Waals surface area (Å²) in [6, 6.07) is 8.01. The monoisotopic (exact) mass is 502 g/mol. The average Bonchev–Trinajstić information content (AvgIpc) is 3.37. The highest BCUT2D eigenvalue weighted by Crippen LogP contribution is 2.71. The molecule has 2 unspecified atom stereocenters. The van der Waals surface area contributed by atoms with Gasteiger partial charge in [-0.3, -0.25) is 4.79 Å². The molecule has 0 bridgehead atoms. The zero-order chi connectivity index (χ0) is 26.3. The molecule has 4 aliphatic carbocycles. The third-order valence-corrected chi connectivity index (χ3v) is 11.7. The fourth-order valence-corrected chi connectivity index (χ4v) is 9.59. The molecule has 0 radical (unpaired) electrons. The third kappa shape index (κ3) is 3.25. The summed E-state index contributed by atoms with van der Waals surface area (Å²) < 4.78 is 7.40. The fraction of sp³-hybridized carbons (Fsp3) is 0.625. The molecule has 4 aliphatic rings. The van der Waals surface area contributed by atoms with Crippen LogP contribution >= 0.6 is 0 Å². The molecule has 2 aromatic rings. The van der Waals surface area contributed by atoms with Crippen LogP contribution in [0.3, 0.4) is 0 Å². The SMILES string of the molecule is CCC(=O)C1(C)[C@H](C)C[C@H]2[C@@H]3CCC4=Cc5nn(-c6cccc(OC)c6)cc5C[C@]4(C)[C@H]3C(O)C[C@@]21C. The number of hydrogen-bond acceptors (Lipinski definition) is 4. The van der Waals surface area contributed by atoms with Crippen LogP contribution in [0.2, 0.25) is 0 Å². The highest BCUT2D eigenvalue weighted by atomic mass is 16.5. The predicted molar refractivity (Wildman–Crippen MR) is 146 cm³/mol. The van der Waals surface area contributed by atoms with Crippen LogP contribution in [0.15, 0.2) is 36.0 Å². The standard InChI is InChI=1S/C32H42N2O3/c1-7-28(36)32(5)19(2)13-25-24-12-11-21-14-26-20(16-30(21,3)29(24)27(35)17-31(25,32)4)18-34(33-26)22-9-8-10-23(15-22)37-6/h8-10,14-15,18-19,24-25,27,29,35H,7,11-13,16-17H2,1-6H3/t19-,24+,25+,27?,29-,30+,31+,32?/m1/s1. The minimum atomic E-state index is -0.399. The number of methoxy groups -OCH3 is 1. The number of hydrogen-bond donors (Lipinski definition) is 1. The number of allylic oxidation sites excluding steroid dienone is 1. The van der Waals surface area contributed by atoms with Crippen molar-refractivity contribution in [3.05, 3.63) is 47.3 Å². The maximum atomic E-state index is 13.4. The van der Waals surface area contributed by atoms with E-state index in [1.165, 1.54) is 11.1 Å². The van der Waals surface area contributed by atoms with Crippen molar-refractivity contribution in [3.8, 4) is 11.4 Å². The smallest absolute Gasteiger partial charge is 0.139 e. The third-order valence-electron chi connectivity index (χ3n) is 11.7. The zero-order valence-corrected chi connectivity index (χ0v) is 23.3. The van der Waals surface area contributed by atoms with Crippen molar-refractivity contribution in [1.29, 1.82) is 0 Å². The Balaban J connectivity index is 1.36. The first-order valence-electron chi connectivity index (χ1n) is 14.2. The molecule has 1 heterocycles. The lowest BCUT2D eigenvalue weighted by Gasteiger charge is -2.61. The Bertz CT molecular complexity index is 1280. The first kappa shape index (κ1) is 24.9. The molecule has 0 saturated heterocycles. The van der Waals surface area contributed by atoms with Gasteiger partial charge in [-0.15, -0.1) is 0 Å². The van der Waals surface area contributed by atoms with Gasteiger partial charge >= 0.3 is 0 Å². The quantitative estimate of drug-likeness (QED) is 0.536. The Morgan fingerprint density at radius 2 is 2.05 bits per heavy atom. The zero-order valence-electron chi connectivity index (χ0n) is 23.3. The molecular weight excluding hydrogens is 460 g/mol. The Kier molecular flexibility index (Phi) is 5.59. The number of rotatable bonds is 4. The molecule has 1 N–H and O–H groups in total. The maximum Gasteiger partial charge on any atom is 0.139 e. The van der Waals surface area contributed by atoms with Crippen LogP contribution in [0.5, 0.6) is 5.75 Å². The maximum absolute atomic E-state index is 13.4. The van der Waals surface area contributed by atoms with E-state index in [9.17, 15) is 9.90 Å². The molecule has 5 nitrogen and oxygen atoms in total. The van der Waals surface area contributed by atoms with Crippen LogP contribution < -0.4 is 4.74 Å². The van der Waals surface area contributed by atoms with E-state index >= 15 is 0 Å². The summed E-state index contributed by atoms with van der Waals surface area (Å²) in [7, 11) is 1.69. The van der Waals surface area contributed by atoms with Gasteiger partial charge in [-0.05, 0) is 90.4 Å². The largest absolute Gasteiger partial charge is 0.497 e. The van der Waals surface area contributed by atoms with Gasteiger partial charge in [0.15, 0.2) is 0 Å². The van der Waals surface area contributed by atoms with Gasteiger partial charge in [-0.1, -0.05) is 46.3 Å². The number of ether oxygens (including phenoxy) is 1. The van der Waals surface area contributed by atoms with Crippen molar-refractivity contribution < 1.29 is 14.6 Å². The molecule has 0 aliphatic heterocycles. The molecule has 6 rings (SSSR count). The lowest BCUT2D eigenvalue weighted by molar-refractivity contribution is -0.158. The van der Waals surface area contributed by atoms with E-state index < -0.39 is 6.10 Å². The molecule has 0 amide bonds. The first-order chi connectivity index (χ1) is 17.6. The molecule has 3 fully saturated rings. The molecule has 198 valence electrons. The Morgan fingerprint density at radius 3 is 2.78 bits per heavy atom. The Hall–Kier alpha value is -2.40. The van der Waals surface area contributed by atoms with Crippen LogP contribution in [0.1, 0.15) is 78.0 Å². The van der Waals surface area contributed by atoms with E-state index in [1.54, 1.807) is 7.11 Å². The molecule has 8 atom stereocenters. The van der Waals surface area contributed by atoms with Crippen LogP contribution in [-0.4, -0.2) is 33.9 Å². The van der Waals surface area contributed by atoms with Crippen molar-refractivity contribution in [2.75, 3.05) is 7.11 Å². The van der Waals surface area contributed by atoms with Gasteiger partial charge in [0.2, 0.25) is 0 Å². The van der Waals surface area contributed by atoms with Crippen LogP contribution in [0, 0.1) is 39.9 Å². The summed E-state index contributed by atoms with van der Waals surface area (Å²) in [6.07, 6.45) is 9.54. The Morgan fingerprint density at radius 1 is 1.27 bits per heavy atom. The molecule has 5 heteroatoms. The van der Waals surface area contributed by atoms with E-state index in [-0.39, 0.29) is 22.2 Å². The number of nitrogens with zero attached hydrogens (tertiary/aromatic N) is 2. The number of aromatic nitrogens is 2. The summed E-state index contributed by atoms with van der Waals surface area (Å²) in [5.41, 5.74) is 4.16. The van der Waals surface area contributed by atoms with Crippen LogP contribution in [-0.2, 0) is 11.2 Å². The summed E-state index contributed by atoms with van der Waals surface area (Å²) in [6.45, 7) is 11.2. The molecule has 1 aromatic heterocycles. The molecule has 1 aromatic carbocycles. The number of Topliss-reactive ketones (excluding diaryl/α,β-unsaturated/α-hetero) is 1. The van der Waals surface area contributed by atoms with E-state index in [4.69, 9.17) is 9.84 Å². The van der Waals surface area contributed by atoms with Gasteiger partial charge < -0.3 is 9.84 Å². The van der Waals surface area contributed by atoms with E-state index in [1.807, 2.05) is 29.8 Å². The number of aliphatic hydroxyl groups is 1. The van der Waals surface area contributed by atoms with Crippen molar-refractivity contribution in [3.63, 3.8) is 0 Å². The van der Waals surface area contributed by atoms with Gasteiger partial charge in [0.1, 0.15) is 11.5 Å². The Labute approximate surface area is 221 Å². The number of ketones is 1. The van der Waals surface area contributed by atoms with Crippen molar-refractivity contribution >= 4 is 11.9 Å². The van der Waals surface area contributed by atoms with Gasteiger partial charge in [0.05, 0.1) is 24.6 Å². The van der Waals surface area contributed by atoms with Crippen molar-refractivity contribution in [2.24, 2.45) is 39.9 Å². The number of carbonyl (C=O) groups is 1. The topological polar surface area (TPSA) is 64.4 Å². The second-order valence-electron chi connectivity index (χ2n) is 13.1. The fourth-order valence-electron chi connectivity index (χ4n) is 9.59. The van der Waals surface area contributed by atoms with E-state index in [0.29, 0.717) is 30.0 Å². The van der Waals surface area contributed by atoms with Gasteiger partial charge in [-0.2, -0.15) is 5.10 Å². The highest BCUT2D eigenvalue weighted by molar-refractivity contribution is 5.86. The van der Waals surface area contributed by atoms with Crippen molar-refractivity contribution in [1.82, 2.24) is 9.78 Å². The number of benzene rings is 1. The number of carbonyl (C=O) groups excluding carboxylic acids is 1. The van der Waals surface area contributed by atoms with E-state index in [2.05, 4.69) is 46.0 Å². The van der Waals surface area contributed by atoms with E-state index in [0.717, 1.165) is 49.2 Å². The molecule has 37 heavy (non-hydrogen) atoms. The minimum Gasteiger partial charge on any atom is -0.497 e. The van der Waals surface area contributed by atoms with Gasteiger partial charge in [0, 0.05) is 24.1 Å². The van der Waals surface area contributed by atoms with Gasteiger partial charge in [-0.25, -0.2) is 4.68 Å². The average molecular weight is 503 g/mol. The summed E-state index contributed by atoms with van der Waals surface area (Å²) in [5.74, 6) is 2.69. The minimum absolute atomic E-state index is 0.0874. The van der Waals surface area contributed by atoms with Crippen LogP contribution in [0.4, 0.5) is 0 Å². The lowest BCUT2D eigenvalue weighted by Crippen LogP contribution is -2.59. The van der Waals surface area contributed by atoms with Crippen molar-refractivity contribution in [2.45, 2.75) is 79.2 Å². The predicted octanol–water partition coefficient (Wildman–Crippen LogP) is 6.27. The highest BCUT2D eigenvalue weighted by Gasteiger charge is 2.68. The molecular formula is C32H42N2O3. The van der Waals surface area contributed by atoms with Gasteiger partial charge in [0.25, 0.3) is 0 Å². The second-order valence-corrected chi connectivity index (χ2v) is 13.1. The summed E-state index contributed by atoms with van der Waals surface area (Å²) in [4.78, 5) is 13.4. The second kappa shape index (κ2) is 8.30. The normalized spacial score (nSPS) is 40.2. The number of fused-ring (bicyclic) bond motifs is 6. The first-order valence-corrected chi connectivity index (χ1v) is 14.2. The van der Waals surface area contributed by atoms with Crippen LogP contribution in [0.25, 0.3) is 11.8 Å².